The Hall–Kier alpha value is -3.24. The molecule has 0 aliphatic carbocycles. The number of nitrogens with one attached hydrogen (secondary N) is 2. The zero-order chi connectivity index (χ0) is 24.9. The molecule has 178 valence electrons. The fourth-order valence-electron chi connectivity index (χ4n) is 3.25. The normalized spacial score (nSPS) is 12.1. The van der Waals surface area contributed by atoms with Gasteiger partial charge in [-0.25, -0.2) is 8.42 Å². The second kappa shape index (κ2) is 10.6. The molecule has 1 unspecified atom stereocenters. The first-order valence-corrected chi connectivity index (χ1v) is 11.6. The molecule has 2 aromatic rings. The number of amides is 2. The Balaban J connectivity index is 2.01. The van der Waals surface area contributed by atoms with Gasteiger partial charge in [-0.05, 0) is 69.0 Å². The largest absolute Gasteiger partial charge is 0.496 e. The van der Waals surface area contributed by atoms with Gasteiger partial charge in [-0.15, -0.1) is 0 Å². The average Bonchev–Trinajstić information content (AvgIpc) is 2.75. The Bertz CT molecular complexity index is 1160. The van der Waals surface area contributed by atoms with Crippen LogP contribution in [-0.2, 0) is 24.3 Å². The first-order valence-electron chi connectivity index (χ1n) is 10.1. The van der Waals surface area contributed by atoms with Gasteiger partial charge in [-0.2, -0.15) is 4.72 Å². The number of imide groups is 1. The van der Waals surface area contributed by atoms with E-state index >= 15 is 0 Å². The van der Waals surface area contributed by atoms with Gasteiger partial charge in [-0.3, -0.25) is 19.7 Å². The predicted octanol–water partition coefficient (Wildman–Crippen LogP) is 2.10. The Kier molecular flexibility index (Phi) is 8.34. The van der Waals surface area contributed by atoms with E-state index in [-0.39, 0.29) is 16.2 Å². The first kappa shape index (κ1) is 26.0. The second-order valence-corrected chi connectivity index (χ2v) is 9.27. The number of carbonyl (C=O) groups is 3. The highest BCUT2D eigenvalue weighted by Crippen LogP contribution is 2.26. The first-order chi connectivity index (χ1) is 15.4. The van der Waals surface area contributed by atoms with E-state index in [0.29, 0.717) is 11.1 Å². The van der Waals surface area contributed by atoms with Crippen LogP contribution in [0.15, 0.2) is 35.2 Å². The summed E-state index contributed by atoms with van der Waals surface area (Å²) in [5, 5.41) is 2.09. The molecular weight excluding hydrogens is 448 g/mol. The number of benzene rings is 2. The van der Waals surface area contributed by atoms with Gasteiger partial charge in [0.2, 0.25) is 10.0 Å². The Labute approximate surface area is 193 Å². The minimum Gasteiger partial charge on any atom is -0.496 e. The van der Waals surface area contributed by atoms with Crippen molar-refractivity contribution >= 4 is 27.8 Å². The number of carbonyl (C=O) groups excluding carboxylic acids is 3. The van der Waals surface area contributed by atoms with Gasteiger partial charge in [0, 0.05) is 0 Å². The van der Waals surface area contributed by atoms with Crippen molar-refractivity contribution in [3.05, 3.63) is 58.1 Å². The zero-order valence-corrected chi connectivity index (χ0v) is 20.3. The van der Waals surface area contributed by atoms with Crippen molar-refractivity contribution in [3.8, 4) is 5.75 Å². The van der Waals surface area contributed by atoms with Crippen LogP contribution in [0.4, 0.5) is 0 Å². The second-order valence-electron chi connectivity index (χ2n) is 7.62. The molecule has 2 aromatic carbocycles. The van der Waals surface area contributed by atoms with Gasteiger partial charge >= 0.3 is 5.97 Å². The number of hydrogen-bond acceptors (Lipinski definition) is 7. The summed E-state index contributed by atoms with van der Waals surface area (Å²) < 4.78 is 38.1. The topological polar surface area (TPSA) is 128 Å². The molecule has 10 heteroatoms. The number of hydrogen-bond donors (Lipinski definition) is 2. The van der Waals surface area contributed by atoms with Crippen molar-refractivity contribution < 1.29 is 32.3 Å². The lowest BCUT2D eigenvalue weighted by Gasteiger charge is -2.18. The number of esters is 1. The summed E-state index contributed by atoms with van der Waals surface area (Å²) in [7, 11) is -2.64. The third-order valence-corrected chi connectivity index (χ3v) is 7.02. The highest BCUT2D eigenvalue weighted by molar-refractivity contribution is 7.89. The predicted molar refractivity (Wildman–Crippen MR) is 122 cm³/mol. The van der Waals surface area contributed by atoms with Gasteiger partial charge in [0.05, 0.1) is 17.6 Å². The third-order valence-electron chi connectivity index (χ3n) is 5.20. The highest BCUT2D eigenvalue weighted by Gasteiger charge is 2.27. The fourth-order valence-corrected chi connectivity index (χ4v) is 5.06. The number of ether oxygens (including phenoxy) is 2. The van der Waals surface area contributed by atoms with Gasteiger partial charge < -0.3 is 9.47 Å². The van der Waals surface area contributed by atoms with Crippen molar-refractivity contribution in [3.63, 3.8) is 0 Å². The molecule has 0 saturated heterocycles. The molecule has 0 heterocycles. The monoisotopic (exact) mass is 476 g/mol. The summed E-state index contributed by atoms with van der Waals surface area (Å²) >= 11 is 0. The third kappa shape index (κ3) is 6.17. The van der Waals surface area contributed by atoms with E-state index in [2.05, 4.69) is 10.0 Å². The van der Waals surface area contributed by atoms with Crippen LogP contribution in [0.2, 0.25) is 0 Å². The maximum absolute atomic E-state index is 12.9. The number of methoxy groups -OCH3 is 1. The fraction of sp³-hybridized carbons (Fsp3) is 0.348. The van der Waals surface area contributed by atoms with Crippen LogP contribution in [0.25, 0.3) is 0 Å². The summed E-state index contributed by atoms with van der Waals surface area (Å²) in [5.74, 6) is -2.27. The van der Waals surface area contributed by atoms with E-state index in [1.165, 1.54) is 20.1 Å². The Morgan fingerprint density at radius 1 is 1.00 bits per heavy atom. The average molecular weight is 477 g/mol. The Morgan fingerprint density at radius 3 is 2.15 bits per heavy atom. The van der Waals surface area contributed by atoms with Crippen molar-refractivity contribution in [2.24, 2.45) is 0 Å². The molecular formula is C23H28N2O7S. The lowest BCUT2D eigenvalue weighted by Crippen LogP contribution is -2.42. The van der Waals surface area contributed by atoms with Crippen LogP contribution < -0.4 is 14.8 Å². The van der Waals surface area contributed by atoms with Crippen LogP contribution >= 0.6 is 0 Å². The van der Waals surface area contributed by atoms with E-state index in [0.717, 1.165) is 11.1 Å². The minimum absolute atomic E-state index is 0.111. The number of rotatable bonds is 8. The van der Waals surface area contributed by atoms with Crippen molar-refractivity contribution in [2.75, 3.05) is 13.7 Å². The molecule has 0 aromatic heterocycles. The van der Waals surface area contributed by atoms with Crippen LogP contribution in [0.1, 0.15) is 39.5 Å². The molecule has 0 radical (unpaired) electrons. The van der Waals surface area contributed by atoms with E-state index in [1.54, 1.807) is 32.0 Å². The summed E-state index contributed by atoms with van der Waals surface area (Å²) in [5.41, 5.74) is 2.93. The maximum atomic E-state index is 12.9. The number of sulfonamides is 1. The van der Waals surface area contributed by atoms with Crippen LogP contribution in [0, 0.1) is 27.7 Å². The van der Waals surface area contributed by atoms with E-state index in [4.69, 9.17) is 9.47 Å². The molecule has 0 aliphatic heterocycles. The molecule has 0 fully saturated rings. The SMILES string of the molecule is COc1ccccc1C(=O)NC(=O)COC(=O)C(C)NS(=O)(=O)c1c(C)c(C)cc(C)c1C. The van der Waals surface area contributed by atoms with Crippen molar-refractivity contribution in [1.82, 2.24) is 10.0 Å². The standard InChI is InChI=1S/C23H28N2O7S/c1-13-11-14(2)16(4)21(15(13)3)33(29,30)25-17(5)23(28)32-12-20(26)24-22(27)18-9-7-8-10-19(18)31-6/h7-11,17,25H,12H2,1-6H3,(H,24,26,27). The molecule has 0 aliphatic rings. The minimum atomic E-state index is -4.03. The maximum Gasteiger partial charge on any atom is 0.324 e. The van der Waals surface area contributed by atoms with Gasteiger partial charge in [0.25, 0.3) is 11.8 Å². The zero-order valence-electron chi connectivity index (χ0n) is 19.4. The number of aryl methyl sites for hydroxylation is 2. The number of para-hydroxylation sites is 1. The summed E-state index contributed by atoms with van der Waals surface area (Å²) in [6.07, 6.45) is 0. The Morgan fingerprint density at radius 2 is 1.58 bits per heavy atom. The molecule has 0 saturated carbocycles. The highest BCUT2D eigenvalue weighted by atomic mass is 32.2. The van der Waals surface area contributed by atoms with Crippen LogP contribution in [0.3, 0.4) is 0 Å². The van der Waals surface area contributed by atoms with Gasteiger partial charge in [0.15, 0.2) is 6.61 Å². The molecule has 0 spiro atoms. The van der Waals surface area contributed by atoms with Gasteiger partial charge in [-0.1, -0.05) is 18.2 Å². The van der Waals surface area contributed by atoms with E-state index in [9.17, 15) is 22.8 Å². The molecule has 0 bridgehead atoms. The van der Waals surface area contributed by atoms with E-state index < -0.39 is 40.5 Å². The molecule has 9 nitrogen and oxygen atoms in total. The quantitative estimate of drug-likeness (QED) is 0.559. The lowest BCUT2D eigenvalue weighted by molar-refractivity contribution is -0.149. The molecule has 2 amide bonds. The molecule has 1 atom stereocenters. The molecule has 33 heavy (non-hydrogen) atoms. The van der Waals surface area contributed by atoms with Crippen LogP contribution in [0.5, 0.6) is 5.75 Å². The van der Waals surface area contributed by atoms with Crippen molar-refractivity contribution in [1.29, 1.82) is 0 Å². The summed E-state index contributed by atoms with van der Waals surface area (Å²) in [6.45, 7) is 7.57. The van der Waals surface area contributed by atoms with Crippen molar-refractivity contribution in [2.45, 2.75) is 45.6 Å². The van der Waals surface area contributed by atoms with Crippen LogP contribution in [-0.4, -0.2) is 46.0 Å². The molecule has 2 rings (SSSR count). The summed E-state index contributed by atoms with van der Waals surface area (Å²) in [4.78, 5) is 36.7. The molecule has 2 N–H and O–H groups in total. The summed E-state index contributed by atoms with van der Waals surface area (Å²) in [6, 6.07) is 6.95. The van der Waals surface area contributed by atoms with Gasteiger partial charge in [0.1, 0.15) is 11.8 Å². The lowest BCUT2D eigenvalue weighted by atomic mass is 10.0. The van der Waals surface area contributed by atoms with E-state index in [1.807, 2.05) is 19.9 Å². The smallest absolute Gasteiger partial charge is 0.324 e.